The Morgan fingerprint density at radius 2 is 1.80 bits per heavy atom. The van der Waals surface area contributed by atoms with Gasteiger partial charge in [-0.1, -0.05) is 30.3 Å². The van der Waals surface area contributed by atoms with Crippen LogP contribution in [-0.2, 0) is 12.8 Å². The zero-order valence-electron chi connectivity index (χ0n) is 8.56. The molecule has 1 aromatic carbocycles. The zero-order valence-corrected chi connectivity index (χ0v) is 8.56. The first-order chi connectivity index (χ1) is 7.36. The molecule has 2 aromatic rings. The Morgan fingerprint density at radius 3 is 2.53 bits per heavy atom. The molecule has 0 amide bonds. The van der Waals surface area contributed by atoms with Gasteiger partial charge in [-0.3, -0.25) is 4.98 Å². The third kappa shape index (κ3) is 2.56. The lowest BCUT2D eigenvalue weighted by atomic mass is 10.0. The van der Waals surface area contributed by atoms with Gasteiger partial charge in [0.25, 0.3) is 0 Å². The number of benzene rings is 1. The van der Waals surface area contributed by atoms with Crippen molar-refractivity contribution in [3.8, 4) is 0 Å². The van der Waals surface area contributed by atoms with E-state index < -0.39 is 0 Å². The molecule has 0 unspecified atom stereocenters. The minimum Gasteiger partial charge on any atom is -0.397 e. The van der Waals surface area contributed by atoms with Gasteiger partial charge in [-0.05, 0) is 30.0 Å². The van der Waals surface area contributed by atoms with E-state index in [9.17, 15) is 0 Å². The van der Waals surface area contributed by atoms with Crippen LogP contribution in [0.3, 0.4) is 0 Å². The van der Waals surface area contributed by atoms with Crippen molar-refractivity contribution in [3.63, 3.8) is 0 Å². The van der Waals surface area contributed by atoms with Crippen LogP contribution in [0.5, 0.6) is 0 Å². The van der Waals surface area contributed by atoms with Crippen LogP contribution in [0, 0.1) is 0 Å². The summed E-state index contributed by atoms with van der Waals surface area (Å²) >= 11 is 0. The second-order valence-corrected chi connectivity index (χ2v) is 3.56. The van der Waals surface area contributed by atoms with Gasteiger partial charge in [-0.2, -0.15) is 0 Å². The zero-order chi connectivity index (χ0) is 10.5. The van der Waals surface area contributed by atoms with E-state index in [1.807, 2.05) is 12.1 Å². The van der Waals surface area contributed by atoms with Crippen molar-refractivity contribution in [2.24, 2.45) is 0 Å². The number of nitrogen functional groups attached to an aromatic ring is 1. The summed E-state index contributed by atoms with van der Waals surface area (Å²) in [5.41, 5.74) is 9.12. The Balaban J connectivity index is 2.03. The minimum absolute atomic E-state index is 0.786. The number of aromatic nitrogens is 1. The van der Waals surface area contributed by atoms with Crippen LogP contribution in [0.25, 0.3) is 0 Å². The molecule has 0 spiro atoms. The summed E-state index contributed by atoms with van der Waals surface area (Å²) in [4.78, 5) is 3.97. The number of anilines is 1. The summed E-state index contributed by atoms with van der Waals surface area (Å²) in [6.07, 6.45) is 5.49. The van der Waals surface area contributed by atoms with E-state index >= 15 is 0 Å². The maximum absolute atomic E-state index is 5.82. The van der Waals surface area contributed by atoms with E-state index in [2.05, 4.69) is 29.2 Å². The number of nitrogens with two attached hydrogens (primary N) is 1. The first kappa shape index (κ1) is 9.71. The smallest absolute Gasteiger partial charge is 0.0533 e. The van der Waals surface area contributed by atoms with Crippen molar-refractivity contribution in [3.05, 3.63) is 59.9 Å². The SMILES string of the molecule is Nc1cnccc1CCc1ccccc1. The lowest BCUT2D eigenvalue weighted by Crippen LogP contribution is -1.97. The van der Waals surface area contributed by atoms with Gasteiger partial charge in [0.1, 0.15) is 0 Å². The lowest BCUT2D eigenvalue weighted by Gasteiger charge is -2.04. The Hall–Kier alpha value is -1.83. The van der Waals surface area contributed by atoms with Gasteiger partial charge in [0.2, 0.25) is 0 Å². The molecule has 2 N–H and O–H groups in total. The predicted molar refractivity (Wildman–Crippen MR) is 62.5 cm³/mol. The Labute approximate surface area is 89.8 Å². The van der Waals surface area contributed by atoms with Gasteiger partial charge in [-0.15, -0.1) is 0 Å². The molecule has 76 valence electrons. The Kier molecular flexibility index (Phi) is 2.98. The predicted octanol–water partition coefficient (Wildman–Crippen LogP) is 2.45. The van der Waals surface area contributed by atoms with Gasteiger partial charge in [0.05, 0.1) is 11.9 Å². The van der Waals surface area contributed by atoms with E-state index in [4.69, 9.17) is 5.73 Å². The van der Waals surface area contributed by atoms with Crippen molar-refractivity contribution in [1.82, 2.24) is 4.98 Å². The molecular weight excluding hydrogens is 184 g/mol. The summed E-state index contributed by atoms with van der Waals surface area (Å²) in [6, 6.07) is 12.4. The monoisotopic (exact) mass is 198 g/mol. The number of hydrogen-bond donors (Lipinski definition) is 1. The molecule has 2 rings (SSSR count). The minimum atomic E-state index is 0.786. The van der Waals surface area contributed by atoms with Crippen LogP contribution in [0.1, 0.15) is 11.1 Å². The largest absolute Gasteiger partial charge is 0.397 e. The maximum atomic E-state index is 5.82. The fourth-order valence-corrected chi connectivity index (χ4v) is 1.59. The van der Waals surface area contributed by atoms with Gasteiger partial charge >= 0.3 is 0 Å². The molecular formula is C13H14N2. The third-order valence-corrected chi connectivity index (χ3v) is 2.47. The van der Waals surface area contributed by atoms with Crippen molar-refractivity contribution in [2.45, 2.75) is 12.8 Å². The normalized spacial score (nSPS) is 10.1. The van der Waals surface area contributed by atoms with Crippen LogP contribution in [-0.4, -0.2) is 4.98 Å². The lowest BCUT2D eigenvalue weighted by molar-refractivity contribution is 0.958. The molecule has 1 aromatic heterocycles. The van der Waals surface area contributed by atoms with E-state index in [0.717, 1.165) is 18.5 Å². The second kappa shape index (κ2) is 4.60. The van der Waals surface area contributed by atoms with Crippen LogP contribution in [0.15, 0.2) is 48.8 Å². The summed E-state index contributed by atoms with van der Waals surface area (Å²) < 4.78 is 0. The molecule has 2 nitrogen and oxygen atoms in total. The highest BCUT2D eigenvalue weighted by Crippen LogP contribution is 2.12. The first-order valence-corrected chi connectivity index (χ1v) is 5.08. The number of pyridine rings is 1. The average Bonchev–Trinajstić information content (AvgIpc) is 2.29. The summed E-state index contributed by atoms with van der Waals surface area (Å²) in [5, 5.41) is 0. The molecule has 0 radical (unpaired) electrons. The molecule has 0 saturated carbocycles. The fourth-order valence-electron chi connectivity index (χ4n) is 1.59. The highest BCUT2D eigenvalue weighted by Gasteiger charge is 1.98. The Bertz CT molecular complexity index is 424. The van der Waals surface area contributed by atoms with Crippen LogP contribution >= 0.6 is 0 Å². The molecule has 0 atom stereocenters. The number of aryl methyl sites for hydroxylation is 2. The quantitative estimate of drug-likeness (QED) is 0.822. The molecule has 1 heterocycles. The third-order valence-electron chi connectivity index (χ3n) is 2.47. The first-order valence-electron chi connectivity index (χ1n) is 5.08. The summed E-state index contributed by atoms with van der Waals surface area (Å²) in [6.45, 7) is 0. The van der Waals surface area contributed by atoms with E-state index in [1.165, 1.54) is 11.1 Å². The standard InChI is InChI=1S/C13H14N2/c14-13-10-15-9-8-12(13)7-6-11-4-2-1-3-5-11/h1-5,8-10H,6-7,14H2. The van der Waals surface area contributed by atoms with Gasteiger partial charge in [0, 0.05) is 6.20 Å². The molecule has 0 saturated heterocycles. The van der Waals surface area contributed by atoms with Crippen molar-refractivity contribution >= 4 is 5.69 Å². The van der Waals surface area contributed by atoms with Gasteiger partial charge in [-0.25, -0.2) is 0 Å². The molecule has 15 heavy (non-hydrogen) atoms. The number of rotatable bonds is 3. The molecule has 0 bridgehead atoms. The van der Waals surface area contributed by atoms with Crippen molar-refractivity contribution in [1.29, 1.82) is 0 Å². The average molecular weight is 198 g/mol. The highest BCUT2D eigenvalue weighted by atomic mass is 14.7. The fraction of sp³-hybridized carbons (Fsp3) is 0.154. The van der Waals surface area contributed by atoms with Gasteiger partial charge < -0.3 is 5.73 Å². The van der Waals surface area contributed by atoms with Crippen LogP contribution in [0.4, 0.5) is 5.69 Å². The Morgan fingerprint density at radius 1 is 1.00 bits per heavy atom. The number of nitrogens with zero attached hydrogens (tertiary/aromatic N) is 1. The van der Waals surface area contributed by atoms with E-state index in [-0.39, 0.29) is 0 Å². The van der Waals surface area contributed by atoms with Crippen LogP contribution in [0.2, 0.25) is 0 Å². The second-order valence-electron chi connectivity index (χ2n) is 3.56. The summed E-state index contributed by atoms with van der Waals surface area (Å²) in [5.74, 6) is 0. The molecule has 2 heteroatoms. The highest BCUT2D eigenvalue weighted by molar-refractivity contribution is 5.44. The van der Waals surface area contributed by atoms with Crippen LogP contribution < -0.4 is 5.73 Å². The van der Waals surface area contributed by atoms with E-state index in [0.29, 0.717) is 0 Å². The topological polar surface area (TPSA) is 38.9 Å². The van der Waals surface area contributed by atoms with Crippen molar-refractivity contribution in [2.75, 3.05) is 5.73 Å². The van der Waals surface area contributed by atoms with Crippen molar-refractivity contribution < 1.29 is 0 Å². The van der Waals surface area contributed by atoms with Gasteiger partial charge in [0.15, 0.2) is 0 Å². The number of hydrogen-bond acceptors (Lipinski definition) is 2. The molecule has 0 aliphatic carbocycles. The van der Waals surface area contributed by atoms with E-state index in [1.54, 1.807) is 12.4 Å². The molecule has 0 fully saturated rings. The summed E-state index contributed by atoms with van der Waals surface area (Å²) in [7, 11) is 0. The molecule has 0 aliphatic heterocycles. The maximum Gasteiger partial charge on any atom is 0.0533 e. The molecule has 0 aliphatic rings.